The Morgan fingerprint density at radius 3 is 2.86 bits per heavy atom. The van der Waals surface area contributed by atoms with Crippen molar-refractivity contribution in [1.82, 2.24) is 0 Å². The maximum absolute atomic E-state index is 12.3. The second-order valence-corrected chi connectivity index (χ2v) is 7.16. The molecule has 7 heteroatoms. The summed E-state index contributed by atoms with van der Waals surface area (Å²) in [5.41, 5.74) is 2.68. The van der Waals surface area contributed by atoms with Crippen LogP contribution >= 0.6 is 11.6 Å². The van der Waals surface area contributed by atoms with Crippen molar-refractivity contribution in [3.63, 3.8) is 0 Å². The Morgan fingerprint density at radius 1 is 1.17 bits per heavy atom. The van der Waals surface area contributed by atoms with Gasteiger partial charge in [0, 0.05) is 29.0 Å². The molecular weight excluding hydrogens is 392 g/mol. The number of ether oxygens (including phenoxy) is 1. The predicted molar refractivity (Wildman–Crippen MR) is 112 cm³/mol. The molecule has 1 N–H and O–H groups in total. The van der Waals surface area contributed by atoms with E-state index in [9.17, 15) is 9.59 Å². The van der Waals surface area contributed by atoms with Crippen molar-refractivity contribution in [3.05, 3.63) is 87.4 Å². The molecule has 0 bridgehead atoms. The molecule has 1 aromatic heterocycles. The highest BCUT2D eigenvalue weighted by Gasteiger charge is 2.19. The minimum Gasteiger partial charge on any atom is -0.477 e. The quantitative estimate of drug-likeness (QED) is 0.667. The first-order valence-corrected chi connectivity index (χ1v) is 9.59. The summed E-state index contributed by atoms with van der Waals surface area (Å²) in [5.74, 6) is 0.142. The average molecular weight is 411 g/mol. The van der Waals surface area contributed by atoms with Gasteiger partial charge in [-0.15, -0.1) is 0 Å². The summed E-state index contributed by atoms with van der Waals surface area (Å²) >= 11 is 5.89. The van der Waals surface area contributed by atoms with Crippen molar-refractivity contribution < 1.29 is 13.9 Å². The van der Waals surface area contributed by atoms with Gasteiger partial charge in [-0.25, -0.2) is 0 Å². The van der Waals surface area contributed by atoms with Crippen LogP contribution in [0.25, 0.3) is 0 Å². The summed E-state index contributed by atoms with van der Waals surface area (Å²) in [5, 5.41) is 3.17. The summed E-state index contributed by atoms with van der Waals surface area (Å²) < 4.78 is 10.9. The Balaban J connectivity index is 1.35. The molecule has 0 unspecified atom stereocenters. The summed E-state index contributed by atoms with van der Waals surface area (Å²) in [6.07, 6.45) is 2.23. The third-order valence-corrected chi connectivity index (χ3v) is 4.88. The van der Waals surface area contributed by atoms with Crippen molar-refractivity contribution in [2.75, 3.05) is 23.4 Å². The zero-order chi connectivity index (χ0) is 20.2. The summed E-state index contributed by atoms with van der Waals surface area (Å²) in [4.78, 5) is 26.5. The van der Waals surface area contributed by atoms with Crippen LogP contribution in [0.4, 0.5) is 11.4 Å². The molecular formula is C22H19ClN2O4. The highest BCUT2D eigenvalue weighted by molar-refractivity contribution is 6.30. The minimum atomic E-state index is -0.399. The van der Waals surface area contributed by atoms with Gasteiger partial charge < -0.3 is 19.4 Å². The summed E-state index contributed by atoms with van der Waals surface area (Å²) in [6, 6.07) is 16.4. The molecule has 0 fully saturated rings. The van der Waals surface area contributed by atoms with Crippen molar-refractivity contribution in [1.29, 1.82) is 0 Å². The van der Waals surface area contributed by atoms with E-state index in [4.69, 9.17) is 20.8 Å². The van der Waals surface area contributed by atoms with Crippen molar-refractivity contribution in [2.45, 2.75) is 13.0 Å². The lowest BCUT2D eigenvalue weighted by Gasteiger charge is -2.18. The number of hydrogen-bond acceptors (Lipinski definition) is 5. The number of amides is 1. The molecule has 1 aliphatic heterocycles. The molecule has 1 aliphatic rings. The number of anilines is 2. The van der Waals surface area contributed by atoms with Crippen LogP contribution in [0.5, 0.6) is 5.75 Å². The number of carbonyl (C=O) groups excluding carboxylic acids is 1. The van der Waals surface area contributed by atoms with Gasteiger partial charge in [0.1, 0.15) is 12.0 Å². The molecule has 0 aliphatic carbocycles. The molecule has 0 saturated heterocycles. The maximum Gasteiger partial charge on any atom is 0.262 e. The van der Waals surface area contributed by atoms with Gasteiger partial charge in [0.15, 0.2) is 6.61 Å². The lowest BCUT2D eigenvalue weighted by atomic mass is 10.2. The Morgan fingerprint density at radius 2 is 2.03 bits per heavy atom. The van der Waals surface area contributed by atoms with Gasteiger partial charge in [0.05, 0.1) is 6.54 Å². The van der Waals surface area contributed by atoms with Crippen molar-refractivity contribution >= 4 is 28.9 Å². The number of nitrogens with zero attached hydrogens (tertiary/aromatic N) is 1. The summed E-state index contributed by atoms with van der Waals surface area (Å²) in [7, 11) is 0. The lowest BCUT2D eigenvalue weighted by Crippen LogP contribution is -2.23. The van der Waals surface area contributed by atoms with E-state index >= 15 is 0 Å². The predicted octanol–water partition coefficient (Wildman–Crippen LogP) is 3.87. The fourth-order valence-corrected chi connectivity index (χ4v) is 3.48. The van der Waals surface area contributed by atoms with Crippen LogP contribution in [0.15, 0.2) is 70.1 Å². The first-order chi connectivity index (χ1) is 14.1. The normalized spacial score (nSPS) is 12.5. The number of para-hydroxylation sites is 1. The van der Waals surface area contributed by atoms with Crippen LogP contribution in [-0.4, -0.2) is 19.1 Å². The van der Waals surface area contributed by atoms with E-state index in [0.29, 0.717) is 23.0 Å². The van der Waals surface area contributed by atoms with E-state index in [-0.39, 0.29) is 17.8 Å². The van der Waals surface area contributed by atoms with Crippen LogP contribution in [0.1, 0.15) is 11.3 Å². The van der Waals surface area contributed by atoms with E-state index in [1.807, 2.05) is 12.1 Å². The first kappa shape index (κ1) is 19.1. The molecule has 29 heavy (non-hydrogen) atoms. The molecule has 0 saturated carbocycles. The van der Waals surface area contributed by atoms with Gasteiger partial charge in [-0.05, 0) is 36.2 Å². The molecule has 2 heterocycles. The van der Waals surface area contributed by atoms with E-state index < -0.39 is 5.91 Å². The van der Waals surface area contributed by atoms with Gasteiger partial charge in [0.25, 0.3) is 5.91 Å². The number of halogens is 1. The zero-order valence-electron chi connectivity index (χ0n) is 15.6. The minimum absolute atomic E-state index is 0.00295. The number of nitrogens with one attached hydrogen (secondary N) is 1. The van der Waals surface area contributed by atoms with E-state index in [1.165, 1.54) is 17.9 Å². The van der Waals surface area contributed by atoms with Crippen LogP contribution in [0.2, 0.25) is 5.02 Å². The summed E-state index contributed by atoms with van der Waals surface area (Å²) in [6.45, 7) is 1.07. The molecule has 3 aromatic rings. The third-order valence-electron chi connectivity index (χ3n) is 4.65. The Labute approximate surface area is 172 Å². The molecule has 1 amide bonds. The fourth-order valence-electron chi connectivity index (χ4n) is 3.29. The molecule has 0 spiro atoms. The third kappa shape index (κ3) is 4.60. The standard InChI is InChI=1S/C22H19ClN2O4/c23-16-5-3-6-17(10-16)24-22(27)14-29-21-13-28-18(11-20(21)26)12-25-9-8-15-4-1-2-7-19(15)25/h1-7,10-11,13H,8-9,12,14H2,(H,24,27). The number of hydrogen-bond donors (Lipinski definition) is 1. The number of rotatable bonds is 6. The number of carbonyl (C=O) groups is 1. The van der Waals surface area contributed by atoms with E-state index in [1.54, 1.807) is 24.3 Å². The Kier molecular flexibility index (Phi) is 5.53. The molecule has 148 valence electrons. The molecule has 2 aromatic carbocycles. The first-order valence-electron chi connectivity index (χ1n) is 9.21. The highest BCUT2D eigenvalue weighted by Crippen LogP contribution is 2.28. The number of benzene rings is 2. The lowest BCUT2D eigenvalue weighted by molar-refractivity contribution is -0.118. The van der Waals surface area contributed by atoms with Gasteiger partial charge >= 0.3 is 0 Å². The van der Waals surface area contributed by atoms with Gasteiger partial charge in [0.2, 0.25) is 11.2 Å². The highest BCUT2D eigenvalue weighted by atomic mass is 35.5. The van der Waals surface area contributed by atoms with Crippen LogP contribution in [-0.2, 0) is 17.8 Å². The monoisotopic (exact) mass is 410 g/mol. The van der Waals surface area contributed by atoms with Gasteiger partial charge in [-0.1, -0.05) is 35.9 Å². The van der Waals surface area contributed by atoms with Crippen LogP contribution in [0.3, 0.4) is 0 Å². The van der Waals surface area contributed by atoms with Crippen molar-refractivity contribution in [3.8, 4) is 5.75 Å². The molecule has 0 radical (unpaired) electrons. The molecule has 0 atom stereocenters. The van der Waals surface area contributed by atoms with Crippen LogP contribution < -0.4 is 20.4 Å². The smallest absolute Gasteiger partial charge is 0.262 e. The molecule has 4 rings (SSSR count). The van der Waals surface area contributed by atoms with Crippen molar-refractivity contribution in [2.24, 2.45) is 0 Å². The Bertz CT molecular complexity index is 1100. The maximum atomic E-state index is 12.3. The largest absolute Gasteiger partial charge is 0.477 e. The zero-order valence-corrected chi connectivity index (χ0v) is 16.3. The topological polar surface area (TPSA) is 71.8 Å². The van der Waals surface area contributed by atoms with Gasteiger partial charge in [-0.3, -0.25) is 9.59 Å². The fraction of sp³-hybridized carbons (Fsp3) is 0.182. The van der Waals surface area contributed by atoms with Gasteiger partial charge in [-0.2, -0.15) is 0 Å². The number of fused-ring (bicyclic) bond motifs is 1. The van der Waals surface area contributed by atoms with E-state index in [2.05, 4.69) is 22.3 Å². The average Bonchev–Trinajstić information content (AvgIpc) is 3.10. The molecule has 6 nitrogen and oxygen atoms in total. The van der Waals surface area contributed by atoms with E-state index in [0.717, 1.165) is 18.7 Å². The van der Waals surface area contributed by atoms with Crippen LogP contribution in [0, 0.1) is 0 Å². The SMILES string of the molecule is O=C(COc1coc(CN2CCc3ccccc32)cc1=O)Nc1cccc(Cl)c1. The second-order valence-electron chi connectivity index (χ2n) is 6.72. The second kappa shape index (κ2) is 8.41. The Hall–Kier alpha value is -3.25.